The molecule has 5 heteroatoms. The predicted octanol–water partition coefficient (Wildman–Crippen LogP) is 4.21. The number of benzene rings is 2. The SMILES string of the molecule is COC(=O)c1ccccc1N=Nc1cc(C)c(C)cc1O. The molecule has 5 nitrogen and oxygen atoms in total. The van der Waals surface area contributed by atoms with Crippen molar-refractivity contribution >= 4 is 17.3 Å². The van der Waals surface area contributed by atoms with E-state index in [1.54, 1.807) is 36.4 Å². The second-order valence-corrected chi connectivity index (χ2v) is 4.63. The Morgan fingerprint density at radius 2 is 1.67 bits per heavy atom. The van der Waals surface area contributed by atoms with Gasteiger partial charge in [0.15, 0.2) is 0 Å². The van der Waals surface area contributed by atoms with Crippen LogP contribution < -0.4 is 0 Å². The average Bonchev–Trinajstić information content (AvgIpc) is 2.49. The fourth-order valence-electron chi connectivity index (χ4n) is 1.82. The third kappa shape index (κ3) is 3.25. The van der Waals surface area contributed by atoms with E-state index in [4.69, 9.17) is 4.74 Å². The van der Waals surface area contributed by atoms with Gasteiger partial charge in [0, 0.05) is 0 Å². The highest BCUT2D eigenvalue weighted by molar-refractivity contribution is 5.94. The van der Waals surface area contributed by atoms with Gasteiger partial charge in [-0.3, -0.25) is 0 Å². The fourth-order valence-corrected chi connectivity index (χ4v) is 1.82. The minimum Gasteiger partial charge on any atom is -0.506 e. The molecule has 0 aliphatic heterocycles. The van der Waals surface area contributed by atoms with Crippen LogP contribution in [0, 0.1) is 13.8 Å². The number of carbonyl (C=O) groups excluding carboxylic acids is 1. The highest BCUT2D eigenvalue weighted by Crippen LogP contribution is 2.31. The van der Waals surface area contributed by atoms with E-state index in [9.17, 15) is 9.90 Å². The first-order chi connectivity index (χ1) is 10.0. The molecule has 2 aromatic carbocycles. The molecule has 0 radical (unpaired) electrons. The monoisotopic (exact) mass is 284 g/mol. The summed E-state index contributed by atoms with van der Waals surface area (Å²) >= 11 is 0. The van der Waals surface area contributed by atoms with Gasteiger partial charge in [-0.2, -0.15) is 0 Å². The van der Waals surface area contributed by atoms with Gasteiger partial charge in [0.2, 0.25) is 0 Å². The molecule has 1 N–H and O–H groups in total. The van der Waals surface area contributed by atoms with Crippen molar-refractivity contribution in [1.29, 1.82) is 0 Å². The predicted molar refractivity (Wildman–Crippen MR) is 79.5 cm³/mol. The number of hydrogen-bond acceptors (Lipinski definition) is 5. The molecule has 0 bridgehead atoms. The molecular formula is C16H16N2O3. The Morgan fingerprint density at radius 3 is 2.38 bits per heavy atom. The number of rotatable bonds is 3. The third-order valence-electron chi connectivity index (χ3n) is 3.17. The van der Waals surface area contributed by atoms with E-state index in [2.05, 4.69) is 10.2 Å². The lowest BCUT2D eigenvalue weighted by molar-refractivity contribution is 0.0601. The molecule has 0 saturated carbocycles. The van der Waals surface area contributed by atoms with Crippen LogP contribution in [0.4, 0.5) is 11.4 Å². The molecule has 0 aromatic heterocycles. The quantitative estimate of drug-likeness (QED) is 0.677. The number of azo groups is 1. The van der Waals surface area contributed by atoms with E-state index in [1.165, 1.54) is 7.11 Å². The summed E-state index contributed by atoms with van der Waals surface area (Å²) in [6, 6.07) is 10.1. The molecule has 0 atom stereocenters. The van der Waals surface area contributed by atoms with Crippen molar-refractivity contribution in [3.05, 3.63) is 53.1 Å². The molecule has 0 unspecified atom stereocenters. The van der Waals surface area contributed by atoms with Gasteiger partial charge in [0.25, 0.3) is 0 Å². The van der Waals surface area contributed by atoms with Gasteiger partial charge in [-0.1, -0.05) is 12.1 Å². The van der Waals surface area contributed by atoms with Gasteiger partial charge >= 0.3 is 5.97 Å². The zero-order valence-corrected chi connectivity index (χ0v) is 12.1. The number of phenols is 1. The number of carbonyl (C=O) groups is 1. The van der Waals surface area contributed by atoms with Crippen LogP contribution in [-0.4, -0.2) is 18.2 Å². The van der Waals surface area contributed by atoms with Crippen LogP contribution in [0.5, 0.6) is 5.75 Å². The fraction of sp³-hybridized carbons (Fsp3) is 0.188. The Morgan fingerprint density at radius 1 is 1.05 bits per heavy atom. The number of ether oxygens (including phenoxy) is 1. The molecule has 0 heterocycles. The van der Waals surface area contributed by atoms with Crippen LogP contribution in [0.25, 0.3) is 0 Å². The summed E-state index contributed by atoms with van der Waals surface area (Å²) in [5.74, 6) is -0.425. The first kappa shape index (κ1) is 14.7. The highest BCUT2D eigenvalue weighted by Gasteiger charge is 2.11. The smallest absolute Gasteiger partial charge is 0.340 e. The zero-order chi connectivity index (χ0) is 15.4. The number of aromatic hydroxyl groups is 1. The van der Waals surface area contributed by atoms with E-state index in [0.717, 1.165) is 11.1 Å². The molecule has 0 fully saturated rings. The van der Waals surface area contributed by atoms with Crippen molar-refractivity contribution in [3.63, 3.8) is 0 Å². The lowest BCUT2D eigenvalue weighted by Gasteiger charge is -2.04. The lowest BCUT2D eigenvalue weighted by atomic mass is 10.1. The van der Waals surface area contributed by atoms with Gasteiger partial charge < -0.3 is 9.84 Å². The van der Waals surface area contributed by atoms with Crippen LogP contribution in [0.1, 0.15) is 21.5 Å². The summed E-state index contributed by atoms with van der Waals surface area (Å²) in [6.07, 6.45) is 0. The molecule has 21 heavy (non-hydrogen) atoms. The van der Waals surface area contributed by atoms with Crippen molar-refractivity contribution in [2.45, 2.75) is 13.8 Å². The van der Waals surface area contributed by atoms with E-state index in [1.807, 2.05) is 13.8 Å². The number of aryl methyl sites for hydroxylation is 2. The first-order valence-corrected chi connectivity index (χ1v) is 6.42. The van der Waals surface area contributed by atoms with Crippen LogP contribution in [0.15, 0.2) is 46.6 Å². The molecule has 0 amide bonds. The second-order valence-electron chi connectivity index (χ2n) is 4.63. The average molecular weight is 284 g/mol. The van der Waals surface area contributed by atoms with Crippen LogP contribution in [0.2, 0.25) is 0 Å². The van der Waals surface area contributed by atoms with Gasteiger partial charge in [-0.25, -0.2) is 4.79 Å². The van der Waals surface area contributed by atoms with Crippen molar-refractivity contribution in [2.24, 2.45) is 10.2 Å². The molecule has 2 rings (SSSR count). The topological polar surface area (TPSA) is 71.2 Å². The van der Waals surface area contributed by atoms with Crippen LogP contribution >= 0.6 is 0 Å². The van der Waals surface area contributed by atoms with Crippen molar-refractivity contribution in [3.8, 4) is 5.75 Å². The molecule has 0 aliphatic carbocycles. The Labute approximate surface area is 122 Å². The Balaban J connectivity index is 2.39. The summed E-state index contributed by atoms with van der Waals surface area (Å²) in [5, 5.41) is 17.9. The molecular weight excluding hydrogens is 268 g/mol. The summed E-state index contributed by atoms with van der Waals surface area (Å²) in [7, 11) is 1.31. The normalized spacial score (nSPS) is 10.8. The van der Waals surface area contributed by atoms with Crippen molar-refractivity contribution < 1.29 is 14.6 Å². The molecule has 0 aliphatic rings. The Hall–Kier alpha value is -2.69. The summed E-state index contributed by atoms with van der Waals surface area (Å²) < 4.78 is 4.70. The molecule has 108 valence electrons. The van der Waals surface area contributed by atoms with E-state index in [-0.39, 0.29) is 5.75 Å². The lowest BCUT2D eigenvalue weighted by Crippen LogP contribution is -2.00. The van der Waals surface area contributed by atoms with Gasteiger partial charge in [-0.05, 0) is 49.2 Å². The number of nitrogens with zero attached hydrogens (tertiary/aromatic N) is 2. The first-order valence-electron chi connectivity index (χ1n) is 6.42. The molecule has 0 spiro atoms. The minimum absolute atomic E-state index is 0.0531. The third-order valence-corrected chi connectivity index (χ3v) is 3.17. The van der Waals surface area contributed by atoms with E-state index < -0.39 is 5.97 Å². The summed E-state index contributed by atoms with van der Waals surface area (Å²) in [5.41, 5.74) is 3.05. The van der Waals surface area contributed by atoms with Crippen LogP contribution in [0.3, 0.4) is 0 Å². The number of methoxy groups -OCH3 is 1. The van der Waals surface area contributed by atoms with Crippen LogP contribution in [-0.2, 0) is 4.74 Å². The zero-order valence-electron chi connectivity index (χ0n) is 12.1. The second kappa shape index (κ2) is 6.17. The van der Waals surface area contributed by atoms with Crippen molar-refractivity contribution in [2.75, 3.05) is 7.11 Å². The van der Waals surface area contributed by atoms with E-state index >= 15 is 0 Å². The maximum Gasteiger partial charge on any atom is 0.340 e. The van der Waals surface area contributed by atoms with Gasteiger partial charge in [0.05, 0.1) is 12.7 Å². The summed E-state index contributed by atoms with van der Waals surface area (Å²) in [6.45, 7) is 3.83. The maximum atomic E-state index is 11.6. The summed E-state index contributed by atoms with van der Waals surface area (Å²) in [4.78, 5) is 11.6. The number of esters is 1. The maximum absolute atomic E-state index is 11.6. The van der Waals surface area contributed by atoms with Gasteiger partial charge in [0.1, 0.15) is 17.1 Å². The van der Waals surface area contributed by atoms with E-state index in [0.29, 0.717) is 16.9 Å². The Bertz CT molecular complexity index is 709. The van der Waals surface area contributed by atoms with Crippen molar-refractivity contribution in [1.82, 2.24) is 0 Å². The highest BCUT2D eigenvalue weighted by atomic mass is 16.5. The number of phenolic OH excluding ortho intramolecular Hbond substituents is 1. The Kier molecular flexibility index (Phi) is 4.33. The largest absolute Gasteiger partial charge is 0.506 e. The molecule has 2 aromatic rings. The minimum atomic E-state index is -0.478. The number of hydrogen-bond donors (Lipinski definition) is 1. The van der Waals surface area contributed by atoms with Gasteiger partial charge in [-0.15, -0.1) is 10.2 Å². The standard InChI is InChI=1S/C16H16N2O3/c1-10-8-14(15(19)9-11(10)2)18-17-13-7-5-4-6-12(13)16(20)21-3/h4-9,19H,1-3H3. The molecule has 0 saturated heterocycles.